The second kappa shape index (κ2) is 7.37. The molecular formula is C17H22FN3O2. The third kappa shape index (κ3) is 3.76. The first kappa shape index (κ1) is 17.1. The number of benzene rings is 1. The molecule has 2 N–H and O–H groups in total. The molecule has 2 aromatic rings. The van der Waals surface area contributed by atoms with Crippen molar-refractivity contribution in [3.05, 3.63) is 47.5 Å². The predicted molar refractivity (Wildman–Crippen MR) is 86.2 cm³/mol. The molecule has 0 bridgehead atoms. The predicted octanol–water partition coefficient (Wildman–Crippen LogP) is 2.64. The van der Waals surface area contributed by atoms with E-state index in [0.29, 0.717) is 17.7 Å². The number of halogens is 1. The maximum atomic E-state index is 13.1. The Morgan fingerprint density at radius 1 is 1.35 bits per heavy atom. The van der Waals surface area contributed by atoms with Crippen molar-refractivity contribution in [2.45, 2.75) is 39.2 Å². The van der Waals surface area contributed by atoms with E-state index in [4.69, 9.17) is 0 Å². The maximum Gasteiger partial charge on any atom is 0.255 e. The van der Waals surface area contributed by atoms with E-state index in [2.05, 4.69) is 10.4 Å². The van der Waals surface area contributed by atoms with Gasteiger partial charge in [-0.1, -0.05) is 20.8 Å². The van der Waals surface area contributed by atoms with Gasteiger partial charge in [-0.05, 0) is 36.6 Å². The molecule has 2 rings (SSSR count). The highest BCUT2D eigenvalue weighted by Gasteiger charge is 2.22. The Morgan fingerprint density at radius 2 is 2.00 bits per heavy atom. The van der Waals surface area contributed by atoms with Crippen molar-refractivity contribution < 1.29 is 14.3 Å². The molecule has 1 unspecified atom stereocenters. The van der Waals surface area contributed by atoms with Gasteiger partial charge >= 0.3 is 0 Å². The largest absolute Gasteiger partial charge is 0.394 e. The van der Waals surface area contributed by atoms with E-state index < -0.39 is 0 Å². The lowest BCUT2D eigenvalue weighted by Crippen LogP contribution is -2.37. The van der Waals surface area contributed by atoms with Crippen molar-refractivity contribution in [3.8, 4) is 5.69 Å². The number of carbonyl (C=O) groups excluding carboxylic acids is 1. The Balaban J connectivity index is 2.38. The first-order valence-electron chi connectivity index (χ1n) is 7.73. The SMILES string of the molecule is CCC(CO)NC(=O)c1cnn(-c2ccc(F)cc2)c1C(C)C. The normalized spacial score (nSPS) is 12.4. The summed E-state index contributed by atoms with van der Waals surface area (Å²) in [5.41, 5.74) is 1.92. The summed E-state index contributed by atoms with van der Waals surface area (Å²) in [5.74, 6) is -0.529. The monoisotopic (exact) mass is 319 g/mol. The van der Waals surface area contributed by atoms with Crippen molar-refractivity contribution in [3.63, 3.8) is 0 Å². The Kier molecular flexibility index (Phi) is 5.50. The number of carbonyl (C=O) groups is 1. The van der Waals surface area contributed by atoms with Crippen molar-refractivity contribution in [2.24, 2.45) is 0 Å². The fraction of sp³-hybridized carbons (Fsp3) is 0.412. The average Bonchev–Trinajstić information content (AvgIpc) is 2.98. The van der Waals surface area contributed by atoms with E-state index in [1.807, 2.05) is 20.8 Å². The molecule has 124 valence electrons. The zero-order valence-corrected chi connectivity index (χ0v) is 13.6. The fourth-order valence-electron chi connectivity index (χ4n) is 2.42. The number of aromatic nitrogens is 2. The number of aliphatic hydroxyl groups is 1. The van der Waals surface area contributed by atoms with Crippen LogP contribution < -0.4 is 5.32 Å². The molecule has 0 aliphatic carbocycles. The Bertz CT molecular complexity index is 661. The lowest BCUT2D eigenvalue weighted by molar-refractivity contribution is 0.0913. The third-order valence-electron chi connectivity index (χ3n) is 3.72. The van der Waals surface area contributed by atoms with Crippen LogP contribution in [0.2, 0.25) is 0 Å². The van der Waals surface area contributed by atoms with E-state index in [9.17, 15) is 14.3 Å². The Hall–Kier alpha value is -2.21. The summed E-state index contributed by atoms with van der Waals surface area (Å²) in [6.45, 7) is 5.73. The highest BCUT2D eigenvalue weighted by atomic mass is 19.1. The van der Waals surface area contributed by atoms with Gasteiger partial charge in [-0.25, -0.2) is 9.07 Å². The van der Waals surface area contributed by atoms with Crippen molar-refractivity contribution in [1.82, 2.24) is 15.1 Å². The minimum absolute atomic E-state index is 0.0532. The second-order valence-electron chi connectivity index (χ2n) is 5.75. The van der Waals surface area contributed by atoms with Gasteiger partial charge in [0.05, 0.1) is 35.8 Å². The van der Waals surface area contributed by atoms with Crippen molar-refractivity contribution >= 4 is 5.91 Å². The molecule has 0 spiro atoms. The van der Waals surface area contributed by atoms with Crippen LogP contribution in [-0.2, 0) is 0 Å². The highest BCUT2D eigenvalue weighted by Crippen LogP contribution is 2.23. The molecule has 0 saturated carbocycles. The van der Waals surface area contributed by atoms with E-state index in [1.54, 1.807) is 16.8 Å². The summed E-state index contributed by atoms with van der Waals surface area (Å²) in [6.07, 6.45) is 2.16. The van der Waals surface area contributed by atoms with Crippen LogP contribution in [0.1, 0.15) is 49.2 Å². The number of hydrogen-bond donors (Lipinski definition) is 2. The number of rotatable bonds is 6. The number of nitrogens with one attached hydrogen (secondary N) is 1. The molecule has 5 nitrogen and oxygen atoms in total. The second-order valence-corrected chi connectivity index (χ2v) is 5.75. The van der Waals surface area contributed by atoms with Crippen LogP contribution in [0.3, 0.4) is 0 Å². The lowest BCUT2D eigenvalue weighted by Gasteiger charge is -2.16. The molecule has 1 heterocycles. The standard InChI is InChI=1S/C17H22FN3O2/c1-4-13(10-22)20-17(23)15-9-19-21(16(15)11(2)3)14-7-5-12(18)6-8-14/h5-9,11,13,22H,4,10H2,1-3H3,(H,20,23). The molecule has 0 saturated heterocycles. The number of hydrogen-bond acceptors (Lipinski definition) is 3. The summed E-state index contributed by atoms with van der Waals surface area (Å²) < 4.78 is 14.8. The molecule has 1 atom stereocenters. The van der Waals surface area contributed by atoms with Crippen LogP contribution in [0.15, 0.2) is 30.5 Å². The smallest absolute Gasteiger partial charge is 0.255 e. The number of aliphatic hydroxyl groups excluding tert-OH is 1. The minimum Gasteiger partial charge on any atom is -0.394 e. The minimum atomic E-state index is -0.321. The Labute approximate surface area is 135 Å². The van der Waals surface area contributed by atoms with E-state index in [1.165, 1.54) is 18.3 Å². The first-order valence-corrected chi connectivity index (χ1v) is 7.73. The van der Waals surface area contributed by atoms with Gasteiger partial charge in [-0.2, -0.15) is 5.10 Å². The van der Waals surface area contributed by atoms with Crippen LogP contribution in [0.25, 0.3) is 5.69 Å². The quantitative estimate of drug-likeness (QED) is 0.860. The fourth-order valence-corrected chi connectivity index (χ4v) is 2.42. The molecule has 1 amide bonds. The van der Waals surface area contributed by atoms with Gasteiger partial charge in [-0.3, -0.25) is 4.79 Å². The van der Waals surface area contributed by atoms with Gasteiger partial charge in [0.1, 0.15) is 5.82 Å². The molecule has 0 fully saturated rings. The molecule has 1 aromatic heterocycles. The lowest BCUT2D eigenvalue weighted by atomic mass is 10.0. The molecule has 0 aliphatic rings. The summed E-state index contributed by atoms with van der Waals surface area (Å²) >= 11 is 0. The van der Waals surface area contributed by atoms with Crippen molar-refractivity contribution in [2.75, 3.05) is 6.61 Å². The van der Waals surface area contributed by atoms with Crippen LogP contribution in [0.5, 0.6) is 0 Å². The van der Waals surface area contributed by atoms with Crippen LogP contribution in [0.4, 0.5) is 4.39 Å². The van der Waals surface area contributed by atoms with E-state index in [-0.39, 0.29) is 30.3 Å². The molecule has 0 aliphatic heterocycles. The van der Waals surface area contributed by atoms with Gasteiger partial charge in [0.25, 0.3) is 5.91 Å². The summed E-state index contributed by atoms with van der Waals surface area (Å²) in [6, 6.07) is 5.69. The number of nitrogens with zero attached hydrogens (tertiary/aromatic N) is 2. The van der Waals surface area contributed by atoms with Crippen LogP contribution >= 0.6 is 0 Å². The summed E-state index contributed by atoms with van der Waals surface area (Å²) in [7, 11) is 0. The molecule has 23 heavy (non-hydrogen) atoms. The highest BCUT2D eigenvalue weighted by molar-refractivity contribution is 5.95. The van der Waals surface area contributed by atoms with E-state index >= 15 is 0 Å². The molecular weight excluding hydrogens is 297 g/mol. The molecule has 6 heteroatoms. The van der Waals surface area contributed by atoms with Gasteiger partial charge in [-0.15, -0.1) is 0 Å². The van der Waals surface area contributed by atoms with Crippen LogP contribution in [0, 0.1) is 5.82 Å². The molecule has 1 aromatic carbocycles. The van der Waals surface area contributed by atoms with Gasteiger partial charge < -0.3 is 10.4 Å². The maximum absolute atomic E-state index is 13.1. The Morgan fingerprint density at radius 3 is 2.52 bits per heavy atom. The van der Waals surface area contributed by atoms with Gasteiger partial charge in [0, 0.05) is 0 Å². The first-order chi connectivity index (χ1) is 11.0. The molecule has 0 radical (unpaired) electrons. The summed E-state index contributed by atoms with van der Waals surface area (Å²) in [4.78, 5) is 12.5. The van der Waals surface area contributed by atoms with Gasteiger partial charge in [0.15, 0.2) is 0 Å². The average molecular weight is 319 g/mol. The topological polar surface area (TPSA) is 67.2 Å². The third-order valence-corrected chi connectivity index (χ3v) is 3.72. The zero-order valence-electron chi connectivity index (χ0n) is 13.6. The zero-order chi connectivity index (χ0) is 17.0. The van der Waals surface area contributed by atoms with Gasteiger partial charge in [0.2, 0.25) is 0 Å². The summed E-state index contributed by atoms with van der Waals surface area (Å²) in [5, 5.41) is 16.3. The van der Waals surface area contributed by atoms with Crippen LogP contribution in [-0.4, -0.2) is 33.4 Å². The van der Waals surface area contributed by atoms with E-state index in [0.717, 1.165) is 5.69 Å². The van der Waals surface area contributed by atoms with Crippen molar-refractivity contribution in [1.29, 1.82) is 0 Å². The number of amides is 1.